The van der Waals surface area contributed by atoms with Crippen LogP contribution in [0.1, 0.15) is 32.3 Å². The summed E-state index contributed by atoms with van der Waals surface area (Å²) in [7, 11) is 2.19. The lowest BCUT2D eigenvalue weighted by molar-refractivity contribution is 0.114. The molecule has 1 saturated heterocycles. The lowest BCUT2D eigenvalue weighted by Crippen LogP contribution is -2.49. The van der Waals surface area contributed by atoms with Crippen molar-refractivity contribution in [2.75, 3.05) is 13.6 Å². The van der Waals surface area contributed by atoms with Crippen LogP contribution in [-0.2, 0) is 5.41 Å². The van der Waals surface area contributed by atoms with Gasteiger partial charge in [-0.25, -0.2) is 0 Å². The summed E-state index contributed by atoms with van der Waals surface area (Å²) in [5.41, 5.74) is 1.41. The van der Waals surface area contributed by atoms with Gasteiger partial charge in [0.2, 0.25) is 0 Å². The van der Waals surface area contributed by atoms with E-state index in [-0.39, 0.29) is 22.4 Å². The SMILES string of the molecule is Br.CC1N(C)CCCC1(C)c1cccc(O)c1. The third-order valence-electron chi connectivity index (χ3n) is 4.30. The molecule has 2 nitrogen and oxygen atoms in total. The molecule has 0 saturated carbocycles. The van der Waals surface area contributed by atoms with Crippen molar-refractivity contribution in [3.05, 3.63) is 29.8 Å². The molecular weight excluding hydrogens is 278 g/mol. The van der Waals surface area contributed by atoms with Gasteiger partial charge in [0.1, 0.15) is 5.75 Å². The van der Waals surface area contributed by atoms with Crippen molar-refractivity contribution in [2.45, 2.75) is 38.1 Å². The van der Waals surface area contributed by atoms with E-state index in [1.165, 1.54) is 24.9 Å². The van der Waals surface area contributed by atoms with E-state index in [1.807, 2.05) is 12.1 Å². The Bertz CT molecular complexity index is 382. The Hall–Kier alpha value is -0.540. The zero-order valence-corrected chi connectivity index (χ0v) is 12.5. The second-order valence-corrected chi connectivity index (χ2v) is 5.23. The molecule has 2 unspecified atom stereocenters. The Labute approximate surface area is 114 Å². The summed E-state index contributed by atoms with van der Waals surface area (Å²) in [5.74, 6) is 0.374. The number of nitrogens with zero attached hydrogens (tertiary/aromatic N) is 1. The number of phenolic OH excluding ortho intramolecular Hbond substituents is 1. The minimum atomic E-state index is 0. The monoisotopic (exact) mass is 299 g/mol. The molecule has 3 heteroatoms. The van der Waals surface area contributed by atoms with E-state index in [9.17, 15) is 5.11 Å². The summed E-state index contributed by atoms with van der Waals surface area (Å²) in [4.78, 5) is 2.41. The van der Waals surface area contributed by atoms with E-state index in [0.29, 0.717) is 11.8 Å². The molecule has 1 N–H and O–H groups in total. The molecule has 1 aliphatic heterocycles. The van der Waals surface area contributed by atoms with Crippen molar-refractivity contribution in [1.82, 2.24) is 4.90 Å². The van der Waals surface area contributed by atoms with Crippen LogP contribution in [0.3, 0.4) is 0 Å². The molecule has 0 aromatic heterocycles. The highest BCUT2D eigenvalue weighted by Gasteiger charge is 2.38. The van der Waals surface area contributed by atoms with Crippen LogP contribution < -0.4 is 0 Å². The molecule has 1 aromatic rings. The fraction of sp³-hybridized carbons (Fsp3) is 0.571. The lowest BCUT2D eigenvalue weighted by atomic mass is 9.70. The van der Waals surface area contributed by atoms with E-state index in [0.717, 1.165) is 0 Å². The second-order valence-electron chi connectivity index (χ2n) is 5.23. The number of likely N-dealkylation sites (tertiary alicyclic amines) is 1. The molecule has 1 aliphatic rings. The zero-order valence-electron chi connectivity index (χ0n) is 10.8. The first-order valence-electron chi connectivity index (χ1n) is 6.04. The van der Waals surface area contributed by atoms with Gasteiger partial charge in [-0.3, -0.25) is 0 Å². The van der Waals surface area contributed by atoms with Crippen molar-refractivity contribution >= 4 is 17.0 Å². The van der Waals surface area contributed by atoms with Crippen LogP contribution in [0.5, 0.6) is 5.75 Å². The van der Waals surface area contributed by atoms with Crippen LogP contribution in [0, 0.1) is 0 Å². The molecular formula is C14H22BrNO. The number of benzene rings is 1. The van der Waals surface area contributed by atoms with Crippen LogP contribution in [-0.4, -0.2) is 29.6 Å². The van der Waals surface area contributed by atoms with Gasteiger partial charge >= 0.3 is 0 Å². The molecule has 0 amide bonds. The Morgan fingerprint density at radius 2 is 2.12 bits per heavy atom. The van der Waals surface area contributed by atoms with E-state index in [4.69, 9.17) is 0 Å². The molecule has 0 radical (unpaired) electrons. The number of likely N-dealkylation sites (N-methyl/N-ethyl adjacent to an activating group) is 1. The Morgan fingerprint density at radius 1 is 1.41 bits per heavy atom. The van der Waals surface area contributed by atoms with E-state index < -0.39 is 0 Å². The molecule has 1 fully saturated rings. The van der Waals surface area contributed by atoms with Crippen LogP contribution in [0.25, 0.3) is 0 Å². The third-order valence-corrected chi connectivity index (χ3v) is 4.30. The first-order chi connectivity index (χ1) is 7.54. The number of piperidine rings is 1. The molecule has 1 heterocycles. The molecule has 17 heavy (non-hydrogen) atoms. The maximum absolute atomic E-state index is 9.60. The number of hydrogen-bond donors (Lipinski definition) is 1. The van der Waals surface area contributed by atoms with Gasteiger partial charge in [-0.1, -0.05) is 19.1 Å². The Balaban J connectivity index is 0.00000144. The summed E-state index contributed by atoms with van der Waals surface area (Å²) in [6, 6.07) is 8.25. The van der Waals surface area contributed by atoms with Crippen LogP contribution in [0.4, 0.5) is 0 Å². The smallest absolute Gasteiger partial charge is 0.115 e. The molecule has 0 spiro atoms. The fourth-order valence-corrected chi connectivity index (χ4v) is 2.83. The normalized spacial score (nSPS) is 29.7. The highest BCUT2D eigenvalue weighted by molar-refractivity contribution is 8.93. The summed E-state index contributed by atoms with van der Waals surface area (Å²) in [6.45, 7) is 5.76. The summed E-state index contributed by atoms with van der Waals surface area (Å²) in [6.07, 6.45) is 2.43. The van der Waals surface area contributed by atoms with Gasteiger partial charge in [-0.05, 0) is 51.1 Å². The molecule has 2 atom stereocenters. The van der Waals surface area contributed by atoms with Gasteiger partial charge in [0, 0.05) is 11.5 Å². The quantitative estimate of drug-likeness (QED) is 0.860. The van der Waals surface area contributed by atoms with Gasteiger partial charge in [0.05, 0.1) is 0 Å². The van der Waals surface area contributed by atoms with Gasteiger partial charge in [-0.2, -0.15) is 0 Å². The topological polar surface area (TPSA) is 23.5 Å². The number of hydrogen-bond acceptors (Lipinski definition) is 2. The van der Waals surface area contributed by atoms with Crippen molar-refractivity contribution in [3.63, 3.8) is 0 Å². The molecule has 1 aromatic carbocycles. The largest absolute Gasteiger partial charge is 0.508 e. The average Bonchev–Trinajstić information content (AvgIpc) is 2.26. The summed E-state index contributed by atoms with van der Waals surface area (Å²) in [5, 5.41) is 9.60. The first-order valence-corrected chi connectivity index (χ1v) is 6.04. The molecule has 96 valence electrons. The van der Waals surface area contributed by atoms with E-state index in [1.54, 1.807) is 6.07 Å². The van der Waals surface area contributed by atoms with Crippen molar-refractivity contribution in [1.29, 1.82) is 0 Å². The maximum atomic E-state index is 9.60. The van der Waals surface area contributed by atoms with Gasteiger partial charge in [0.15, 0.2) is 0 Å². The van der Waals surface area contributed by atoms with E-state index >= 15 is 0 Å². The van der Waals surface area contributed by atoms with Gasteiger partial charge in [0.25, 0.3) is 0 Å². The highest BCUT2D eigenvalue weighted by Crippen LogP contribution is 2.38. The van der Waals surface area contributed by atoms with Crippen LogP contribution in [0.2, 0.25) is 0 Å². The molecule has 2 rings (SSSR count). The van der Waals surface area contributed by atoms with Crippen molar-refractivity contribution in [2.24, 2.45) is 0 Å². The van der Waals surface area contributed by atoms with Crippen molar-refractivity contribution in [3.8, 4) is 5.75 Å². The summed E-state index contributed by atoms with van der Waals surface area (Å²) >= 11 is 0. The number of halogens is 1. The maximum Gasteiger partial charge on any atom is 0.115 e. The van der Waals surface area contributed by atoms with Gasteiger partial charge in [-0.15, -0.1) is 17.0 Å². The number of phenols is 1. The van der Waals surface area contributed by atoms with Gasteiger partial charge < -0.3 is 10.0 Å². The van der Waals surface area contributed by atoms with Crippen LogP contribution in [0.15, 0.2) is 24.3 Å². The minimum absolute atomic E-state index is 0. The second kappa shape index (κ2) is 5.40. The zero-order chi connectivity index (χ0) is 11.8. The first kappa shape index (κ1) is 14.5. The Kier molecular flexibility index (Phi) is 4.62. The fourth-order valence-electron chi connectivity index (χ4n) is 2.83. The van der Waals surface area contributed by atoms with Crippen LogP contribution >= 0.6 is 17.0 Å². The summed E-state index contributed by atoms with van der Waals surface area (Å²) < 4.78 is 0. The Morgan fingerprint density at radius 3 is 2.76 bits per heavy atom. The lowest BCUT2D eigenvalue weighted by Gasteiger charge is -2.45. The van der Waals surface area contributed by atoms with Crippen molar-refractivity contribution < 1.29 is 5.11 Å². The predicted octanol–water partition coefficient (Wildman–Crippen LogP) is 3.34. The average molecular weight is 300 g/mol. The van der Waals surface area contributed by atoms with E-state index in [2.05, 4.69) is 31.9 Å². The number of aromatic hydroxyl groups is 1. The highest BCUT2D eigenvalue weighted by atomic mass is 79.9. The predicted molar refractivity (Wildman–Crippen MR) is 77.1 cm³/mol. The third kappa shape index (κ3) is 2.66. The molecule has 0 aliphatic carbocycles. The standard InChI is InChI=1S/C14H21NO.BrH/c1-11-14(2,8-5-9-15(11)3)12-6-4-7-13(16)10-12;/h4,6-7,10-11,16H,5,8-9H2,1-3H3;1H. The minimum Gasteiger partial charge on any atom is -0.508 e. The molecule has 0 bridgehead atoms. The number of rotatable bonds is 1.